The van der Waals surface area contributed by atoms with Crippen LogP contribution in [0.4, 0.5) is 0 Å². The molecular weight excluding hydrogens is 348 g/mol. The summed E-state index contributed by atoms with van der Waals surface area (Å²) in [7, 11) is 1.64. The number of hydrogen-bond donors (Lipinski definition) is 3. The number of rotatable bonds is 8. The van der Waals surface area contributed by atoms with E-state index < -0.39 is 0 Å². The molecule has 1 heterocycles. The largest absolute Gasteiger partial charge is 0.405 e. The maximum Gasteiger partial charge on any atom is 0.118 e. The Kier molecular flexibility index (Phi) is 7.58. The van der Waals surface area contributed by atoms with Gasteiger partial charge in [-0.05, 0) is 86.5 Å². The molecule has 1 atom stereocenters. The molecular formula is C22H38N6. The van der Waals surface area contributed by atoms with Crippen LogP contribution in [-0.4, -0.2) is 55.4 Å². The number of piperidine rings is 1. The van der Waals surface area contributed by atoms with Gasteiger partial charge in [-0.1, -0.05) is 20.8 Å². The molecule has 2 fully saturated rings. The van der Waals surface area contributed by atoms with Gasteiger partial charge in [-0.25, -0.2) is 0 Å². The van der Waals surface area contributed by atoms with Crippen LogP contribution in [0.2, 0.25) is 0 Å². The van der Waals surface area contributed by atoms with Crippen molar-refractivity contribution in [3.63, 3.8) is 0 Å². The first-order valence-electron chi connectivity index (χ1n) is 10.3. The third-order valence-corrected chi connectivity index (χ3v) is 6.07. The van der Waals surface area contributed by atoms with E-state index in [1.54, 1.807) is 25.3 Å². The van der Waals surface area contributed by atoms with Crippen LogP contribution in [0.5, 0.6) is 0 Å². The fourth-order valence-corrected chi connectivity index (χ4v) is 3.92. The second-order valence-corrected chi connectivity index (χ2v) is 9.40. The van der Waals surface area contributed by atoms with Crippen molar-refractivity contribution < 1.29 is 0 Å². The number of likely N-dealkylation sites (tertiary alicyclic amines) is 1. The van der Waals surface area contributed by atoms with E-state index in [1.165, 1.54) is 51.5 Å². The molecule has 0 aromatic carbocycles. The minimum atomic E-state index is 0.271. The molecule has 2 aliphatic rings. The SMILES string of the molecule is CN=C(C=CN)C(=N)/C=C\C(N)=NCC1CC12CCN(CCC(C)(C)C)CC2. The van der Waals surface area contributed by atoms with Gasteiger partial charge in [0.15, 0.2) is 0 Å². The quantitative estimate of drug-likeness (QED) is 0.441. The molecule has 6 nitrogen and oxygen atoms in total. The van der Waals surface area contributed by atoms with Gasteiger partial charge in [0, 0.05) is 13.6 Å². The van der Waals surface area contributed by atoms with Crippen molar-refractivity contribution in [3.8, 4) is 0 Å². The molecule has 1 unspecified atom stereocenters. The third-order valence-electron chi connectivity index (χ3n) is 6.07. The van der Waals surface area contributed by atoms with Crippen LogP contribution in [0.3, 0.4) is 0 Å². The fourth-order valence-electron chi connectivity index (χ4n) is 3.92. The molecule has 0 radical (unpaired) electrons. The molecule has 156 valence electrons. The average Bonchev–Trinajstić information content (AvgIpc) is 3.33. The molecule has 1 aliphatic carbocycles. The smallest absolute Gasteiger partial charge is 0.118 e. The van der Waals surface area contributed by atoms with E-state index in [-0.39, 0.29) is 5.71 Å². The number of allylic oxidation sites excluding steroid dienone is 2. The lowest BCUT2D eigenvalue weighted by molar-refractivity contribution is 0.146. The highest BCUT2D eigenvalue weighted by atomic mass is 15.1. The van der Waals surface area contributed by atoms with Gasteiger partial charge in [-0.15, -0.1) is 0 Å². The molecule has 1 aliphatic heterocycles. The minimum Gasteiger partial charge on any atom is -0.405 e. The number of hydrogen-bond acceptors (Lipinski definition) is 5. The predicted octanol–water partition coefficient (Wildman–Crippen LogP) is 3.00. The Balaban J connectivity index is 1.76. The number of nitrogens with one attached hydrogen (secondary N) is 1. The summed E-state index contributed by atoms with van der Waals surface area (Å²) in [5.74, 6) is 1.14. The molecule has 1 saturated heterocycles. The molecule has 0 aromatic rings. The zero-order chi connectivity index (χ0) is 20.8. The summed E-state index contributed by atoms with van der Waals surface area (Å²) in [5, 5.41) is 7.98. The van der Waals surface area contributed by atoms with Crippen LogP contribution in [-0.2, 0) is 0 Å². The standard InChI is InChI=1S/C22H38N6/c1-21(2,3)8-12-28-13-9-22(10-14-28)15-17(22)16-27-20(25)6-5-18(24)19(26-4)7-11-23/h5-7,11,17,24H,8-10,12-16,23H2,1-4H3,(H2,25,27)/b6-5-,11-7?,24-18?,26-19?. The first kappa shape index (κ1) is 22.3. The van der Waals surface area contributed by atoms with Crippen LogP contribution in [0, 0.1) is 22.2 Å². The summed E-state index contributed by atoms with van der Waals surface area (Å²) in [6.07, 6.45) is 11.4. The fraction of sp³-hybridized carbons (Fsp3) is 0.682. The Bertz CT molecular complexity index is 657. The van der Waals surface area contributed by atoms with Gasteiger partial charge < -0.3 is 16.4 Å². The first-order valence-corrected chi connectivity index (χ1v) is 10.3. The molecule has 28 heavy (non-hydrogen) atoms. The lowest BCUT2D eigenvalue weighted by Crippen LogP contribution is -2.37. The van der Waals surface area contributed by atoms with Gasteiger partial charge in [0.25, 0.3) is 0 Å². The monoisotopic (exact) mass is 386 g/mol. The lowest BCUT2D eigenvalue weighted by atomic mass is 9.88. The summed E-state index contributed by atoms with van der Waals surface area (Å²) < 4.78 is 0. The van der Waals surface area contributed by atoms with E-state index in [2.05, 4.69) is 35.7 Å². The highest BCUT2D eigenvalue weighted by Gasteiger charge is 2.54. The number of aliphatic imine (C=N–C) groups is 2. The lowest BCUT2D eigenvalue weighted by Gasteiger charge is -2.34. The Labute approximate surface area is 170 Å². The molecule has 0 bridgehead atoms. The van der Waals surface area contributed by atoms with Crippen LogP contribution in [0.15, 0.2) is 34.4 Å². The van der Waals surface area contributed by atoms with Crippen molar-refractivity contribution in [2.75, 3.05) is 33.2 Å². The average molecular weight is 387 g/mol. The topological polar surface area (TPSA) is 104 Å². The zero-order valence-electron chi connectivity index (χ0n) is 18.0. The predicted molar refractivity (Wildman–Crippen MR) is 120 cm³/mol. The molecule has 0 amide bonds. The summed E-state index contributed by atoms with van der Waals surface area (Å²) in [6.45, 7) is 11.4. The molecule has 5 N–H and O–H groups in total. The second kappa shape index (κ2) is 9.50. The highest BCUT2D eigenvalue weighted by Crippen LogP contribution is 2.59. The van der Waals surface area contributed by atoms with E-state index in [4.69, 9.17) is 16.9 Å². The molecule has 6 heteroatoms. The Morgan fingerprint density at radius 2 is 1.89 bits per heavy atom. The maximum absolute atomic E-state index is 7.98. The summed E-state index contributed by atoms with van der Waals surface area (Å²) >= 11 is 0. The van der Waals surface area contributed by atoms with Gasteiger partial charge >= 0.3 is 0 Å². The Morgan fingerprint density at radius 1 is 1.21 bits per heavy atom. The van der Waals surface area contributed by atoms with Crippen molar-refractivity contribution in [3.05, 3.63) is 24.4 Å². The number of nitrogens with zero attached hydrogens (tertiary/aromatic N) is 3. The Morgan fingerprint density at radius 3 is 2.46 bits per heavy atom. The Hall–Kier alpha value is -1.95. The second-order valence-electron chi connectivity index (χ2n) is 9.40. The van der Waals surface area contributed by atoms with Crippen molar-refractivity contribution in [1.29, 1.82) is 5.41 Å². The van der Waals surface area contributed by atoms with Gasteiger partial charge in [0.2, 0.25) is 0 Å². The number of amidine groups is 1. The van der Waals surface area contributed by atoms with E-state index in [0.29, 0.717) is 28.3 Å². The normalized spacial score (nSPS) is 23.8. The van der Waals surface area contributed by atoms with Gasteiger partial charge in [0.1, 0.15) is 5.84 Å². The third kappa shape index (κ3) is 6.59. The molecule has 2 rings (SSSR count). The van der Waals surface area contributed by atoms with Crippen molar-refractivity contribution in [2.45, 2.75) is 46.5 Å². The van der Waals surface area contributed by atoms with E-state index in [1.807, 2.05) is 0 Å². The highest BCUT2D eigenvalue weighted by molar-refractivity contribution is 6.49. The van der Waals surface area contributed by atoms with E-state index >= 15 is 0 Å². The summed E-state index contributed by atoms with van der Waals surface area (Å²) in [4.78, 5) is 11.2. The first-order chi connectivity index (χ1) is 13.2. The van der Waals surface area contributed by atoms with E-state index in [0.717, 1.165) is 6.54 Å². The number of nitrogens with two attached hydrogens (primary N) is 2. The van der Waals surface area contributed by atoms with Gasteiger partial charge in [0.05, 0.1) is 11.4 Å². The van der Waals surface area contributed by atoms with Crippen molar-refractivity contribution in [2.24, 2.45) is 38.2 Å². The zero-order valence-corrected chi connectivity index (χ0v) is 18.0. The van der Waals surface area contributed by atoms with E-state index in [9.17, 15) is 0 Å². The summed E-state index contributed by atoms with van der Waals surface area (Å²) in [6, 6.07) is 0. The van der Waals surface area contributed by atoms with Crippen molar-refractivity contribution >= 4 is 17.3 Å². The van der Waals surface area contributed by atoms with Crippen LogP contribution >= 0.6 is 0 Å². The van der Waals surface area contributed by atoms with Crippen LogP contribution in [0.25, 0.3) is 0 Å². The van der Waals surface area contributed by atoms with Crippen LogP contribution in [0.1, 0.15) is 46.5 Å². The molecule has 1 spiro atoms. The van der Waals surface area contributed by atoms with Crippen molar-refractivity contribution in [1.82, 2.24) is 4.90 Å². The molecule has 1 saturated carbocycles. The van der Waals surface area contributed by atoms with Gasteiger partial charge in [-0.3, -0.25) is 15.4 Å². The summed E-state index contributed by atoms with van der Waals surface area (Å²) in [5.41, 5.74) is 13.1. The maximum atomic E-state index is 7.98. The van der Waals surface area contributed by atoms with Gasteiger partial charge in [-0.2, -0.15) is 0 Å². The minimum absolute atomic E-state index is 0.271. The molecule has 0 aromatic heterocycles. The van der Waals surface area contributed by atoms with Crippen LogP contribution < -0.4 is 11.5 Å².